The van der Waals surface area contributed by atoms with Gasteiger partial charge in [-0.25, -0.2) is 13.1 Å². The topological polar surface area (TPSA) is 102 Å². The van der Waals surface area contributed by atoms with E-state index in [2.05, 4.69) is 0 Å². The third-order valence-corrected chi connectivity index (χ3v) is 6.04. The van der Waals surface area contributed by atoms with Gasteiger partial charge in [-0.1, -0.05) is 36.4 Å². The SMILES string of the molecule is CCN(CC)C(=O)C(Cc1ccc(OC)c(OC)c1)C(=O)NS(=O)(=O)/C=C/c1ccccc1. The van der Waals surface area contributed by atoms with Crippen LogP contribution in [0, 0.1) is 5.92 Å². The molecule has 0 spiro atoms. The summed E-state index contributed by atoms with van der Waals surface area (Å²) in [4.78, 5) is 27.6. The Morgan fingerprint density at radius 3 is 2.21 bits per heavy atom. The first-order valence-corrected chi connectivity index (χ1v) is 12.1. The van der Waals surface area contributed by atoms with Crippen molar-refractivity contribution in [3.63, 3.8) is 0 Å². The lowest BCUT2D eigenvalue weighted by Crippen LogP contribution is -2.45. The maximum Gasteiger partial charge on any atom is 0.257 e. The van der Waals surface area contributed by atoms with E-state index in [-0.39, 0.29) is 6.42 Å². The van der Waals surface area contributed by atoms with Gasteiger partial charge in [0.2, 0.25) is 11.8 Å². The van der Waals surface area contributed by atoms with E-state index in [4.69, 9.17) is 9.47 Å². The number of hydrogen-bond acceptors (Lipinski definition) is 6. The first-order chi connectivity index (χ1) is 15.7. The average molecular weight is 475 g/mol. The fraction of sp³-hybridized carbons (Fsp3) is 0.333. The molecule has 8 nitrogen and oxygen atoms in total. The van der Waals surface area contributed by atoms with Crippen LogP contribution in [-0.4, -0.2) is 52.4 Å². The molecular formula is C24H30N2O6S. The fourth-order valence-electron chi connectivity index (χ4n) is 3.27. The van der Waals surface area contributed by atoms with E-state index in [0.29, 0.717) is 35.7 Å². The summed E-state index contributed by atoms with van der Waals surface area (Å²) < 4.78 is 37.6. The van der Waals surface area contributed by atoms with Gasteiger partial charge in [-0.3, -0.25) is 9.59 Å². The highest BCUT2D eigenvalue weighted by Crippen LogP contribution is 2.29. The van der Waals surface area contributed by atoms with Gasteiger partial charge in [0.05, 0.1) is 19.6 Å². The highest BCUT2D eigenvalue weighted by molar-refractivity contribution is 7.93. The number of carbonyl (C=O) groups excluding carboxylic acids is 2. The molecule has 1 atom stereocenters. The molecule has 2 amide bonds. The maximum atomic E-state index is 13.1. The van der Waals surface area contributed by atoms with E-state index < -0.39 is 27.8 Å². The average Bonchev–Trinajstić information content (AvgIpc) is 2.82. The summed E-state index contributed by atoms with van der Waals surface area (Å²) in [7, 11) is -1.12. The first kappa shape index (κ1) is 25.9. The van der Waals surface area contributed by atoms with Gasteiger partial charge in [0.25, 0.3) is 10.0 Å². The predicted molar refractivity (Wildman–Crippen MR) is 127 cm³/mol. The van der Waals surface area contributed by atoms with Crippen molar-refractivity contribution < 1.29 is 27.5 Å². The highest BCUT2D eigenvalue weighted by Gasteiger charge is 2.32. The van der Waals surface area contributed by atoms with E-state index >= 15 is 0 Å². The third-order valence-electron chi connectivity index (χ3n) is 5.06. The molecule has 0 saturated carbocycles. The lowest BCUT2D eigenvalue weighted by atomic mass is 9.96. The third kappa shape index (κ3) is 7.35. The Kier molecular flexibility index (Phi) is 9.47. The first-order valence-electron chi connectivity index (χ1n) is 10.5. The van der Waals surface area contributed by atoms with Gasteiger partial charge in [-0.05, 0) is 49.6 Å². The van der Waals surface area contributed by atoms with E-state index in [1.807, 2.05) is 10.8 Å². The summed E-state index contributed by atoms with van der Waals surface area (Å²) in [5.41, 5.74) is 1.29. The van der Waals surface area contributed by atoms with Crippen molar-refractivity contribution in [2.75, 3.05) is 27.3 Å². The van der Waals surface area contributed by atoms with Crippen molar-refractivity contribution in [2.24, 2.45) is 5.92 Å². The molecule has 0 aliphatic rings. The molecule has 0 radical (unpaired) electrons. The zero-order valence-electron chi connectivity index (χ0n) is 19.3. The van der Waals surface area contributed by atoms with E-state index in [1.165, 1.54) is 25.2 Å². The molecule has 0 saturated heterocycles. The smallest absolute Gasteiger partial charge is 0.257 e. The summed E-state index contributed by atoms with van der Waals surface area (Å²) in [6.07, 6.45) is 1.38. The Balaban J connectivity index is 2.30. The van der Waals surface area contributed by atoms with Gasteiger partial charge in [0.15, 0.2) is 11.5 Å². The Bertz CT molecular complexity index is 1080. The molecule has 0 aliphatic heterocycles. The largest absolute Gasteiger partial charge is 0.493 e. The monoisotopic (exact) mass is 474 g/mol. The molecule has 9 heteroatoms. The number of benzene rings is 2. The lowest BCUT2D eigenvalue weighted by Gasteiger charge is -2.24. The van der Waals surface area contributed by atoms with Crippen LogP contribution in [0.3, 0.4) is 0 Å². The molecular weight excluding hydrogens is 444 g/mol. The molecule has 178 valence electrons. The van der Waals surface area contributed by atoms with Crippen LogP contribution in [-0.2, 0) is 26.0 Å². The van der Waals surface area contributed by atoms with Crippen LogP contribution in [0.5, 0.6) is 11.5 Å². The summed E-state index contributed by atoms with van der Waals surface area (Å²) in [6.45, 7) is 4.38. The number of hydrogen-bond donors (Lipinski definition) is 1. The van der Waals surface area contributed by atoms with Crippen molar-refractivity contribution in [1.82, 2.24) is 9.62 Å². The molecule has 33 heavy (non-hydrogen) atoms. The lowest BCUT2D eigenvalue weighted by molar-refractivity contribution is -0.141. The van der Waals surface area contributed by atoms with Crippen LogP contribution < -0.4 is 14.2 Å². The van der Waals surface area contributed by atoms with Crippen LogP contribution >= 0.6 is 0 Å². The minimum Gasteiger partial charge on any atom is -0.493 e. The van der Waals surface area contributed by atoms with Crippen molar-refractivity contribution in [1.29, 1.82) is 0 Å². The van der Waals surface area contributed by atoms with Crippen LogP contribution in [0.2, 0.25) is 0 Å². The molecule has 1 unspecified atom stereocenters. The zero-order valence-corrected chi connectivity index (χ0v) is 20.1. The number of rotatable bonds is 11. The van der Waals surface area contributed by atoms with Gasteiger partial charge in [-0.2, -0.15) is 0 Å². The van der Waals surface area contributed by atoms with Gasteiger partial charge < -0.3 is 14.4 Å². The Morgan fingerprint density at radius 2 is 1.64 bits per heavy atom. The Morgan fingerprint density at radius 1 is 1.00 bits per heavy atom. The number of ether oxygens (including phenoxy) is 2. The van der Waals surface area contributed by atoms with Gasteiger partial charge in [-0.15, -0.1) is 0 Å². The Labute approximate surface area is 195 Å². The number of nitrogens with zero attached hydrogens (tertiary/aromatic N) is 1. The standard InChI is InChI=1S/C24H30N2O6S/c1-5-26(6-2)24(28)20(16-19-12-13-21(31-3)22(17-19)32-4)23(27)25-33(29,30)15-14-18-10-8-7-9-11-18/h7-15,17,20H,5-6,16H2,1-4H3,(H,25,27)/b15-14+. The number of sulfonamides is 1. The second-order valence-electron chi connectivity index (χ2n) is 7.18. The van der Waals surface area contributed by atoms with Gasteiger partial charge >= 0.3 is 0 Å². The summed E-state index contributed by atoms with van der Waals surface area (Å²) >= 11 is 0. The van der Waals surface area contributed by atoms with Crippen molar-refractivity contribution in [3.05, 3.63) is 65.1 Å². The molecule has 0 fully saturated rings. The van der Waals surface area contributed by atoms with Gasteiger partial charge in [0.1, 0.15) is 5.92 Å². The normalized spacial score (nSPS) is 12.2. The highest BCUT2D eigenvalue weighted by atomic mass is 32.2. The summed E-state index contributed by atoms with van der Waals surface area (Å²) in [6, 6.07) is 13.9. The minimum absolute atomic E-state index is 0.000555. The van der Waals surface area contributed by atoms with Crippen molar-refractivity contribution >= 4 is 27.9 Å². The predicted octanol–water partition coefficient (Wildman–Crippen LogP) is 2.85. The molecule has 0 aromatic heterocycles. The minimum atomic E-state index is -4.11. The second-order valence-corrected chi connectivity index (χ2v) is 8.75. The van der Waals surface area contributed by atoms with E-state index in [1.54, 1.807) is 56.3 Å². The van der Waals surface area contributed by atoms with Gasteiger partial charge in [0, 0.05) is 13.1 Å². The molecule has 2 rings (SSSR count). The molecule has 2 aromatic rings. The van der Waals surface area contributed by atoms with Crippen molar-refractivity contribution in [2.45, 2.75) is 20.3 Å². The number of nitrogens with one attached hydrogen (secondary N) is 1. The molecule has 0 bridgehead atoms. The van der Waals surface area contributed by atoms with E-state index in [0.717, 1.165) is 5.41 Å². The zero-order chi connectivity index (χ0) is 24.4. The quantitative estimate of drug-likeness (QED) is 0.503. The fourth-order valence-corrected chi connectivity index (χ4v) is 4.10. The molecule has 2 aromatic carbocycles. The summed E-state index contributed by atoms with van der Waals surface area (Å²) in [5.74, 6) is -1.62. The van der Waals surface area contributed by atoms with E-state index in [9.17, 15) is 18.0 Å². The van der Waals surface area contributed by atoms with Crippen LogP contribution in [0.25, 0.3) is 6.08 Å². The summed E-state index contributed by atoms with van der Waals surface area (Å²) in [5, 5.41) is 0.912. The van der Waals surface area contributed by atoms with Crippen LogP contribution in [0.15, 0.2) is 53.9 Å². The molecule has 0 aliphatic carbocycles. The number of methoxy groups -OCH3 is 2. The molecule has 1 N–H and O–H groups in total. The molecule has 0 heterocycles. The van der Waals surface area contributed by atoms with Crippen LogP contribution in [0.1, 0.15) is 25.0 Å². The van der Waals surface area contributed by atoms with Crippen LogP contribution in [0.4, 0.5) is 0 Å². The van der Waals surface area contributed by atoms with Crippen molar-refractivity contribution in [3.8, 4) is 11.5 Å². The number of carbonyl (C=O) groups is 2. The maximum absolute atomic E-state index is 13.1. The Hall–Kier alpha value is -3.33. The number of amides is 2. The second kappa shape index (κ2) is 12.1.